The number of hydrogen-bond acceptors (Lipinski definition) is 1. The van der Waals surface area contributed by atoms with Crippen LogP contribution >= 0.6 is 0 Å². The van der Waals surface area contributed by atoms with Crippen molar-refractivity contribution in [3.8, 4) is 0 Å². The van der Waals surface area contributed by atoms with Gasteiger partial charge in [-0.2, -0.15) is 0 Å². The number of rotatable bonds is 10. The number of hydrogen-bond donors (Lipinski definition) is 0. The van der Waals surface area contributed by atoms with Gasteiger partial charge in [-0.25, -0.2) is 4.39 Å². The number of allylic oxidation sites excluding steroid dienone is 8. The average molecular weight is 429 g/mol. The lowest BCUT2D eigenvalue weighted by atomic mass is 9.68. The third-order valence-corrected chi connectivity index (χ3v) is 7.19. The Morgan fingerprint density at radius 3 is 2.32 bits per heavy atom. The fourth-order valence-electron chi connectivity index (χ4n) is 4.86. The van der Waals surface area contributed by atoms with Crippen LogP contribution in [0.15, 0.2) is 45.6 Å². The van der Waals surface area contributed by atoms with Gasteiger partial charge in [0.25, 0.3) is 0 Å². The smallest absolute Gasteiger partial charge is 0.169 e. The minimum absolute atomic E-state index is 0.295. The normalized spacial score (nSPS) is 20.3. The molecule has 0 atom stereocenters. The van der Waals surface area contributed by atoms with Gasteiger partial charge < -0.3 is 0 Å². The van der Waals surface area contributed by atoms with E-state index < -0.39 is 5.67 Å². The average Bonchev–Trinajstić information content (AvgIpc) is 2.66. The zero-order chi connectivity index (χ0) is 23.2. The molecule has 2 rings (SSSR count). The molecule has 0 amide bonds. The fourth-order valence-corrected chi connectivity index (χ4v) is 4.86. The van der Waals surface area contributed by atoms with Crippen LogP contribution in [0.5, 0.6) is 0 Å². The summed E-state index contributed by atoms with van der Waals surface area (Å²) in [6, 6.07) is 0. The minimum Gasteiger partial charge on any atom is -0.296 e. The van der Waals surface area contributed by atoms with Crippen molar-refractivity contribution in [3.63, 3.8) is 0 Å². The minimum atomic E-state index is -1.71. The molecule has 0 fully saturated rings. The van der Waals surface area contributed by atoms with Crippen molar-refractivity contribution in [2.75, 3.05) is 0 Å². The first kappa shape index (κ1) is 25.8. The number of Topliss-reactive ketones (excluding diaryl/α,β-unsaturated/α-hetero) is 1. The highest BCUT2D eigenvalue weighted by Gasteiger charge is 2.30. The first-order chi connectivity index (χ1) is 14.4. The topological polar surface area (TPSA) is 17.1 Å². The monoisotopic (exact) mass is 428 g/mol. The Morgan fingerprint density at radius 1 is 1.00 bits per heavy atom. The zero-order valence-electron chi connectivity index (χ0n) is 21.2. The summed E-state index contributed by atoms with van der Waals surface area (Å²) in [5.74, 6) is -0.303. The Balaban J connectivity index is 1.82. The van der Waals surface area contributed by atoms with Crippen LogP contribution in [0.2, 0.25) is 0 Å². The van der Waals surface area contributed by atoms with Crippen LogP contribution in [0.1, 0.15) is 119 Å². The van der Waals surface area contributed by atoms with Gasteiger partial charge in [-0.1, -0.05) is 48.3 Å². The summed E-state index contributed by atoms with van der Waals surface area (Å²) >= 11 is 0. The maximum atomic E-state index is 13.6. The van der Waals surface area contributed by atoms with Crippen molar-refractivity contribution < 1.29 is 9.18 Å². The van der Waals surface area contributed by atoms with E-state index in [1.165, 1.54) is 63.5 Å². The molecule has 0 saturated carbocycles. The Morgan fingerprint density at radius 2 is 1.65 bits per heavy atom. The van der Waals surface area contributed by atoms with Gasteiger partial charge in [0.05, 0.1) is 0 Å². The lowest BCUT2D eigenvalue weighted by molar-refractivity contribution is -0.128. The van der Waals surface area contributed by atoms with Crippen LogP contribution in [0.3, 0.4) is 0 Å². The molecule has 0 aromatic carbocycles. The number of alkyl halides is 1. The largest absolute Gasteiger partial charge is 0.296 e. The maximum absolute atomic E-state index is 13.6. The molecule has 2 aliphatic carbocycles. The van der Waals surface area contributed by atoms with Gasteiger partial charge >= 0.3 is 0 Å². The third kappa shape index (κ3) is 8.20. The highest BCUT2D eigenvalue weighted by atomic mass is 19.1. The molecule has 0 aromatic heterocycles. The highest BCUT2D eigenvalue weighted by Crippen LogP contribution is 2.47. The van der Waals surface area contributed by atoms with Crippen LogP contribution in [-0.2, 0) is 4.79 Å². The summed E-state index contributed by atoms with van der Waals surface area (Å²) in [5, 5.41) is 0. The lowest BCUT2D eigenvalue weighted by Gasteiger charge is -2.37. The molecule has 2 aliphatic rings. The van der Waals surface area contributed by atoms with E-state index in [1.54, 1.807) is 22.3 Å². The second kappa shape index (κ2) is 10.9. The first-order valence-corrected chi connectivity index (χ1v) is 12.3. The van der Waals surface area contributed by atoms with Gasteiger partial charge in [-0.05, 0) is 115 Å². The summed E-state index contributed by atoms with van der Waals surface area (Å²) in [4.78, 5) is 11.7. The van der Waals surface area contributed by atoms with Gasteiger partial charge in [-0.15, -0.1) is 0 Å². The van der Waals surface area contributed by atoms with Crippen molar-refractivity contribution in [1.29, 1.82) is 0 Å². The number of carbonyl (C=O) groups excluding carboxylic acids is 1. The predicted octanol–water partition coefficient (Wildman–Crippen LogP) is 9.15. The van der Waals surface area contributed by atoms with Crippen LogP contribution in [0.25, 0.3) is 0 Å². The summed E-state index contributed by atoms with van der Waals surface area (Å²) in [6.45, 7) is 14.2. The number of ketones is 1. The SMILES string of the molecule is CC1=C(CC/C=C(\C)CC/C=C(\C)CCC(=O)C(C)(C)F)C2=C(CC1)CCC(C)(C)C2. The summed E-state index contributed by atoms with van der Waals surface area (Å²) in [6.07, 6.45) is 16.4. The molecule has 0 aliphatic heterocycles. The van der Waals surface area contributed by atoms with E-state index in [9.17, 15) is 9.18 Å². The fraction of sp³-hybridized carbons (Fsp3) is 0.690. The molecule has 0 spiro atoms. The first-order valence-electron chi connectivity index (χ1n) is 12.3. The van der Waals surface area contributed by atoms with Crippen molar-refractivity contribution in [2.45, 2.75) is 125 Å². The molecule has 0 N–H and O–H groups in total. The van der Waals surface area contributed by atoms with Gasteiger partial charge in [0.15, 0.2) is 11.5 Å². The van der Waals surface area contributed by atoms with Gasteiger partial charge in [0.2, 0.25) is 0 Å². The van der Waals surface area contributed by atoms with E-state index in [0.717, 1.165) is 19.3 Å². The standard InChI is InChI=1S/C29H45FO/c1-21(10-8-11-22(2)14-17-27(31)29(6,7)30)12-9-13-25-23(3)15-16-24-18-19-28(4,5)20-26(24)25/h11-12H,8-10,13-20H2,1-7H3/b21-12+,22-11+. The Kier molecular flexibility index (Phi) is 9.10. The second-order valence-corrected chi connectivity index (χ2v) is 11.3. The number of halogens is 1. The molecule has 0 saturated heterocycles. The molecule has 31 heavy (non-hydrogen) atoms. The Hall–Kier alpha value is -1.44. The number of carbonyl (C=O) groups is 1. The molecule has 0 unspecified atom stereocenters. The summed E-state index contributed by atoms with van der Waals surface area (Å²) < 4.78 is 13.6. The predicted molar refractivity (Wildman–Crippen MR) is 132 cm³/mol. The Bertz CT molecular complexity index is 780. The summed E-state index contributed by atoms with van der Waals surface area (Å²) in [5.41, 5.74) is 8.09. The van der Waals surface area contributed by atoms with Crippen LogP contribution in [0.4, 0.5) is 4.39 Å². The molecule has 0 heterocycles. The van der Waals surface area contributed by atoms with E-state index in [-0.39, 0.29) is 5.78 Å². The van der Waals surface area contributed by atoms with E-state index in [0.29, 0.717) is 18.3 Å². The van der Waals surface area contributed by atoms with E-state index >= 15 is 0 Å². The quantitative estimate of drug-likeness (QED) is 0.317. The molecule has 2 heteroatoms. The molecule has 0 bridgehead atoms. The molecule has 174 valence electrons. The zero-order valence-corrected chi connectivity index (χ0v) is 21.2. The Labute approximate surface area is 191 Å². The summed E-state index contributed by atoms with van der Waals surface area (Å²) in [7, 11) is 0. The lowest BCUT2D eigenvalue weighted by Crippen LogP contribution is -2.25. The van der Waals surface area contributed by atoms with Crippen LogP contribution in [-0.4, -0.2) is 11.5 Å². The van der Waals surface area contributed by atoms with E-state index in [1.807, 2.05) is 6.92 Å². The van der Waals surface area contributed by atoms with Crippen molar-refractivity contribution >= 4 is 5.78 Å². The maximum Gasteiger partial charge on any atom is 0.169 e. The van der Waals surface area contributed by atoms with Crippen molar-refractivity contribution in [1.82, 2.24) is 0 Å². The van der Waals surface area contributed by atoms with Crippen LogP contribution in [0, 0.1) is 5.41 Å². The van der Waals surface area contributed by atoms with E-state index in [4.69, 9.17) is 0 Å². The van der Waals surface area contributed by atoms with Crippen molar-refractivity contribution in [2.24, 2.45) is 5.41 Å². The molecule has 1 nitrogen and oxygen atoms in total. The molecular weight excluding hydrogens is 383 g/mol. The molecule has 0 radical (unpaired) electrons. The van der Waals surface area contributed by atoms with Crippen molar-refractivity contribution in [3.05, 3.63) is 45.6 Å². The third-order valence-electron chi connectivity index (χ3n) is 7.19. The van der Waals surface area contributed by atoms with E-state index in [2.05, 4.69) is 39.8 Å². The van der Waals surface area contributed by atoms with Crippen LogP contribution < -0.4 is 0 Å². The molecule has 0 aromatic rings. The molecular formula is C29H45FO. The highest BCUT2D eigenvalue weighted by molar-refractivity contribution is 5.86. The second-order valence-electron chi connectivity index (χ2n) is 11.3. The van der Waals surface area contributed by atoms with Gasteiger partial charge in [-0.3, -0.25) is 4.79 Å². The van der Waals surface area contributed by atoms with Gasteiger partial charge in [0, 0.05) is 6.42 Å². The van der Waals surface area contributed by atoms with Gasteiger partial charge in [0.1, 0.15) is 0 Å².